The molecule has 1 nitrogen and oxygen atoms in total. The molecule has 15 heavy (non-hydrogen) atoms. The van der Waals surface area contributed by atoms with E-state index in [1.807, 2.05) is 0 Å². The van der Waals surface area contributed by atoms with Crippen LogP contribution in [-0.2, 0) is 6.42 Å². The van der Waals surface area contributed by atoms with Gasteiger partial charge in [0.15, 0.2) is 0 Å². The molecule has 0 saturated heterocycles. The van der Waals surface area contributed by atoms with Gasteiger partial charge in [0.1, 0.15) is 0 Å². The third kappa shape index (κ3) is 3.74. The molecule has 1 N–H and O–H groups in total. The maximum Gasteiger partial charge on any atom is 0.0314 e. The van der Waals surface area contributed by atoms with E-state index in [-0.39, 0.29) is 5.41 Å². The third-order valence-electron chi connectivity index (χ3n) is 2.53. The maximum atomic E-state index is 3.95. The van der Waals surface area contributed by atoms with Gasteiger partial charge in [-0.25, -0.2) is 0 Å². The minimum absolute atomic E-state index is 0.142. The van der Waals surface area contributed by atoms with Gasteiger partial charge in [0.2, 0.25) is 0 Å². The Bertz CT molecular complexity index is 321. The molecule has 0 spiro atoms. The van der Waals surface area contributed by atoms with E-state index in [9.17, 15) is 0 Å². The maximum absolute atomic E-state index is 3.95. The molecule has 0 aliphatic carbocycles. The number of rotatable bonds is 6. The predicted octanol–water partition coefficient (Wildman–Crippen LogP) is 3.85. The highest BCUT2D eigenvalue weighted by Crippen LogP contribution is 2.31. The Morgan fingerprint density at radius 3 is 2.87 bits per heavy atom. The summed E-state index contributed by atoms with van der Waals surface area (Å²) in [5, 5.41) is 5.51. The summed E-state index contributed by atoms with van der Waals surface area (Å²) in [4.78, 5) is 1.40. The van der Waals surface area contributed by atoms with Gasteiger partial charge in [0.05, 0.1) is 0 Å². The Hall–Kier alpha value is -0.120. The van der Waals surface area contributed by atoms with Gasteiger partial charge in [0, 0.05) is 21.3 Å². The summed E-state index contributed by atoms with van der Waals surface area (Å²) >= 11 is 5.37. The quantitative estimate of drug-likeness (QED) is 0.784. The minimum Gasteiger partial charge on any atom is -0.316 e. The van der Waals surface area contributed by atoms with Gasteiger partial charge >= 0.3 is 0 Å². The molecule has 1 aromatic heterocycles. The first-order chi connectivity index (χ1) is 7.11. The minimum atomic E-state index is 0.142. The number of halogens is 1. The monoisotopic (exact) mass is 287 g/mol. The summed E-state index contributed by atoms with van der Waals surface area (Å²) in [5.41, 5.74) is 0.142. The zero-order chi connectivity index (χ0) is 11.3. The first-order valence-electron chi connectivity index (χ1n) is 5.17. The lowest BCUT2D eigenvalue weighted by molar-refractivity contribution is 0.398. The van der Waals surface area contributed by atoms with Crippen LogP contribution in [0.3, 0.4) is 0 Å². The SMILES string of the molecule is C=CC(C)(CNCC)Cc1sccc1Br. The van der Waals surface area contributed by atoms with Crippen molar-refractivity contribution in [3.8, 4) is 0 Å². The zero-order valence-corrected chi connectivity index (χ0v) is 11.7. The van der Waals surface area contributed by atoms with E-state index in [2.05, 4.69) is 59.2 Å². The second-order valence-corrected chi connectivity index (χ2v) is 5.86. The van der Waals surface area contributed by atoms with Gasteiger partial charge in [-0.15, -0.1) is 17.9 Å². The molecule has 1 unspecified atom stereocenters. The molecular formula is C12H18BrNS. The average Bonchev–Trinajstić information content (AvgIpc) is 2.61. The van der Waals surface area contributed by atoms with Crippen molar-refractivity contribution in [3.05, 3.63) is 33.5 Å². The van der Waals surface area contributed by atoms with Crippen LogP contribution in [0.1, 0.15) is 18.7 Å². The zero-order valence-electron chi connectivity index (χ0n) is 9.35. The van der Waals surface area contributed by atoms with E-state index in [1.165, 1.54) is 9.35 Å². The van der Waals surface area contributed by atoms with Crippen LogP contribution < -0.4 is 5.32 Å². The van der Waals surface area contributed by atoms with Crippen molar-refractivity contribution in [2.75, 3.05) is 13.1 Å². The van der Waals surface area contributed by atoms with Crippen molar-refractivity contribution >= 4 is 27.3 Å². The van der Waals surface area contributed by atoms with Gasteiger partial charge in [0.25, 0.3) is 0 Å². The van der Waals surface area contributed by atoms with Crippen LogP contribution in [-0.4, -0.2) is 13.1 Å². The fourth-order valence-electron chi connectivity index (χ4n) is 1.44. The van der Waals surface area contributed by atoms with Crippen LogP contribution in [0.5, 0.6) is 0 Å². The summed E-state index contributed by atoms with van der Waals surface area (Å²) < 4.78 is 1.22. The van der Waals surface area contributed by atoms with Crippen molar-refractivity contribution in [2.24, 2.45) is 5.41 Å². The summed E-state index contributed by atoms with van der Waals surface area (Å²) in [7, 11) is 0. The number of nitrogens with one attached hydrogen (secondary N) is 1. The first-order valence-corrected chi connectivity index (χ1v) is 6.85. The standard InChI is InChI=1S/C12H18BrNS/c1-4-12(3,9-14-5-2)8-11-10(13)6-7-15-11/h4,6-7,14H,1,5,8-9H2,2-3H3. The van der Waals surface area contributed by atoms with Crippen LogP contribution >= 0.6 is 27.3 Å². The first kappa shape index (κ1) is 12.9. The second-order valence-electron chi connectivity index (χ2n) is 4.01. The normalized spacial score (nSPS) is 14.9. The molecular weight excluding hydrogens is 270 g/mol. The van der Waals surface area contributed by atoms with Gasteiger partial charge in [-0.1, -0.05) is 19.9 Å². The molecule has 0 fully saturated rings. The largest absolute Gasteiger partial charge is 0.316 e. The molecule has 0 radical (unpaired) electrons. The lowest BCUT2D eigenvalue weighted by Crippen LogP contribution is -2.31. The van der Waals surface area contributed by atoms with Gasteiger partial charge in [-0.05, 0) is 40.3 Å². The van der Waals surface area contributed by atoms with Crippen molar-refractivity contribution < 1.29 is 0 Å². The average molecular weight is 288 g/mol. The Labute approximate surface area is 105 Å². The molecule has 0 saturated carbocycles. The Balaban J connectivity index is 2.67. The fourth-order valence-corrected chi connectivity index (χ4v) is 3.13. The van der Waals surface area contributed by atoms with Gasteiger partial charge in [-0.2, -0.15) is 0 Å². The van der Waals surface area contributed by atoms with Crippen LogP contribution in [0, 0.1) is 5.41 Å². The smallest absolute Gasteiger partial charge is 0.0314 e. The Morgan fingerprint density at radius 2 is 2.40 bits per heavy atom. The second kappa shape index (κ2) is 5.83. The van der Waals surface area contributed by atoms with E-state index in [0.717, 1.165) is 19.5 Å². The topological polar surface area (TPSA) is 12.0 Å². The molecule has 1 rings (SSSR count). The molecule has 0 amide bonds. The van der Waals surface area contributed by atoms with E-state index in [4.69, 9.17) is 0 Å². The molecule has 0 aliphatic heterocycles. The molecule has 0 aliphatic rings. The lowest BCUT2D eigenvalue weighted by Gasteiger charge is -2.25. The molecule has 0 bridgehead atoms. The van der Waals surface area contributed by atoms with E-state index < -0.39 is 0 Å². The van der Waals surface area contributed by atoms with Crippen LogP contribution in [0.4, 0.5) is 0 Å². The number of thiophene rings is 1. The Morgan fingerprint density at radius 1 is 1.67 bits per heavy atom. The molecule has 1 aromatic rings. The summed E-state index contributed by atoms with van der Waals surface area (Å²) in [6.45, 7) is 10.3. The highest BCUT2D eigenvalue weighted by atomic mass is 79.9. The van der Waals surface area contributed by atoms with Gasteiger partial charge in [-0.3, -0.25) is 0 Å². The van der Waals surface area contributed by atoms with Crippen LogP contribution in [0.15, 0.2) is 28.6 Å². The number of hydrogen-bond acceptors (Lipinski definition) is 2. The third-order valence-corrected chi connectivity index (χ3v) is 4.45. The summed E-state index contributed by atoms with van der Waals surface area (Å²) in [6.07, 6.45) is 3.10. The van der Waals surface area contributed by atoms with Gasteiger partial charge < -0.3 is 5.32 Å². The highest BCUT2D eigenvalue weighted by Gasteiger charge is 2.21. The van der Waals surface area contributed by atoms with Crippen molar-refractivity contribution in [3.63, 3.8) is 0 Å². The molecule has 1 atom stereocenters. The highest BCUT2D eigenvalue weighted by molar-refractivity contribution is 9.10. The molecule has 0 aromatic carbocycles. The molecule has 3 heteroatoms. The van der Waals surface area contributed by atoms with E-state index in [1.54, 1.807) is 11.3 Å². The van der Waals surface area contributed by atoms with Crippen LogP contribution in [0.2, 0.25) is 0 Å². The van der Waals surface area contributed by atoms with Crippen molar-refractivity contribution in [1.29, 1.82) is 0 Å². The molecule has 84 valence electrons. The van der Waals surface area contributed by atoms with E-state index in [0.29, 0.717) is 0 Å². The molecule has 1 heterocycles. The Kier molecular flexibility index (Phi) is 5.03. The summed E-state index contributed by atoms with van der Waals surface area (Å²) in [6, 6.07) is 2.11. The lowest BCUT2D eigenvalue weighted by atomic mass is 9.86. The summed E-state index contributed by atoms with van der Waals surface area (Å²) in [5.74, 6) is 0. The van der Waals surface area contributed by atoms with Crippen molar-refractivity contribution in [1.82, 2.24) is 5.32 Å². The number of hydrogen-bond donors (Lipinski definition) is 1. The predicted molar refractivity (Wildman–Crippen MR) is 72.6 cm³/mol. The van der Waals surface area contributed by atoms with Crippen LogP contribution in [0.25, 0.3) is 0 Å². The van der Waals surface area contributed by atoms with Crippen molar-refractivity contribution in [2.45, 2.75) is 20.3 Å². The fraction of sp³-hybridized carbons (Fsp3) is 0.500. The van der Waals surface area contributed by atoms with E-state index >= 15 is 0 Å².